The molecule has 1 saturated heterocycles. The number of hydrogen-bond donors (Lipinski definition) is 1. The van der Waals surface area contributed by atoms with E-state index >= 15 is 0 Å². The van der Waals surface area contributed by atoms with E-state index in [0.717, 1.165) is 26.3 Å². The van der Waals surface area contributed by atoms with E-state index in [4.69, 9.17) is 10.6 Å². The molecule has 1 heterocycles. The number of nitrogens with zero attached hydrogens (tertiary/aromatic N) is 1. The lowest BCUT2D eigenvalue weighted by atomic mass is 10.4. The second-order valence-corrected chi connectivity index (χ2v) is 2.54. The van der Waals surface area contributed by atoms with Gasteiger partial charge in [0.1, 0.15) is 13.1 Å². The van der Waals surface area contributed by atoms with Crippen LogP contribution in [0.5, 0.6) is 0 Å². The molecule has 0 saturated carbocycles. The van der Waals surface area contributed by atoms with Crippen molar-refractivity contribution in [2.24, 2.45) is 5.84 Å². The van der Waals surface area contributed by atoms with Crippen LogP contribution in [0.25, 0.3) is 0 Å². The van der Waals surface area contributed by atoms with Crippen molar-refractivity contribution in [3.8, 4) is 0 Å². The fourth-order valence-electron chi connectivity index (χ4n) is 0.760. The number of likely N-dealkylation sites (N-methyl/N-ethyl adjacent to an activating group) is 1. The summed E-state index contributed by atoms with van der Waals surface area (Å²) in [5, 5.41) is 0. The zero-order valence-corrected chi connectivity index (χ0v) is 7.80. The minimum absolute atomic E-state index is 0. The van der Waals surface area contributed by atoms with Crippen LogP contribution in [0, 0.1) is 0 Å². The maximum absolute atomic E-state index is 5.74. The average Bonchev–Trinajstić information content (AvgIpc) is 1.65. The quantitative estimate of drug-likeness (QED) is 0.271. The van der Waals surface area contributed by atoms with E-state index in [2.05, 4.69) is 0 Å². The van der Waals surface area contributed by atoms with Gasteiger partial charge in [-0.3, -0.25) is 0 Å². The highest BCUT2D eigenvalue weighted by Gasteiger charge is 2.19. The third-order valence-electron chi connectivity index (χ3n) is 1.49. The first-order valence-corrected chi connectivity index (χ1v) is 2.92. The standard InChI is InChI=1S/C5H13N2O.HI/c1-7(6)2-4-8-5-3-7;/h2-6H2,1H3;1H/q+1;/p-1. The Morgan fingerprint density at radius 3 is 2.00 bits per heavy atom. The summed E-state index contributed by atoms with van der Waals surface area (Å²) in [6.07, 6.45) is 0. The van der Waals surface area contributed by atoms with E-state index in [-0.39, 0.29) is 24.0 Å². The SMILES string of the molecule is C[N+]1(N)CCOCC1.[I-]. The van der Waals surface area contributed by atoms with Crippen molar-refractivity contribution in [1.82, 2.24) is 0 Å². The van der Waals surface area contributed by atoms with Gasteiger partial charge < -0.3 is 28.7 Å². The lowest BCUT2D eigenvalue weighted by molar-refractivity contribution is -0.928. The summed E-state index contributed by atoms with van der Waals surface area (Å²) in [7, 11) is 2.02. The molecule has 0 radical (unpaired) electrons. The van der Waals surface area contributed by atoms with Gasteiger partial charge in [-0.2, -0.15) is 5.84 Å². The first-order chi connectivity index (χ1) is 3.71. The average molecular weight is 244 g/mol. The topological polar surface area (TPSA) is 35.2 Å². The summed E-state index contributed by atoms with van der Waals surface area (Å²) in [6, 6.07) is 0. The van der Waals surface area contributed by atoms with Gasteiger partial charge in [0.2, 0.25) is 0 Å². The normalized spacial score (nSPS) is 24.7. The molecule has 0 aliphatic carbocycles. The van der Waals surface area contributed by atoms with E-state index in [1.54, 1.807) is 0 Å². The molecule has 9 heavy (non-hydrogen) atoms. The molecule has 0 unspecified atom stereocenters. The molecule has 1 fully saturated rings. The molecule has 2 N–H and O–H groups in total. The zero-order valence-electron chi connectivity index (χ0n) is 5.64. The van der Waals surface area contributed by atoms with Gasteiger partial charge in [0.25, 0.3) is 0 Å². The highest BCUT2D eigenvalue weighted by Crippen LogP contribution is 1.97. The fraction of sp³-hybridized carbons (Fsp3) is 1.00. The first kappa shape index (κ1) is 9.61. The Balaban J connectivity index is 0.000000640. The van der Waals surface area contributed by atoms with Crippen LogP contribution in [0.3, 0.4) is 0 Å². The summed E-state index contributed by atoms with van der Waals surface area (Å²) >= 11 is 0. The Morgan fingerprint density at radius 2 is 1.78 bits per heavy atom. The van der Waals surface area contributed by atoms with Crippen molar-refractivity contribution in [3.05, 3.63) is 0 Å². The zero-order chi connectivity index (χ0) is 6.04. The molecular formula is C5H13IN2O. The van der Waals surface area contributed by atoms with Crippen molar-refractivity contribution in [3.63, 3.8) is 0 Å². The van der Waals surface area contributed by atoms with Gasteiger partial charge in [-0.05, 0) is 0 Å². The summed E-state index contributed by atoms with van der Waals surface area (Å²) < 4.78 is 5.73. The van der Waals surface area contributed by atoms with Crippen LogP contribution in [0.4, 0.5) is 0 Å². The number of quaternary nitrogens is 1. The van der Waals surface area contributed by atoms with Gasteiger partial charge in [-0.1, -0.05) is 0 Å². The Labute approximate surface area is 72.7 Å². The molecule has 0 atom stereocenters. The number of nitrogens with two attached hydrogens (primary N) is 1. The summed E-state index contributed by atoms with van der Waals surface area (Å²) in [5.41, 5.74) is 0. The number of rotatable bonds is 0. The Kier molecular flexibility index (Phi) is 3.95. The van der Waals surface area contributed by atoms with Gasteiger partial charge in [-0.25, -0.2) is 4.59 Å². The van der Waals surface area contributed by atoms with Crippen LogP contribution in [-0.4, -0.2) is 37.9 Å². The van der Waals surface area contributed by atoms with Crippen LogP contribution in [0.1, 0.15) is 0 Å². The monoisotopic (exact) mass is 244 g/mol. The third-order valence-corrected chi connectivity index (χ3v) is 1.49. The maximum Gasteiger partial charge on any atom is 0.120 e. The van der Waals surface area contributed by atoms with Crippen LogP contribution >= 0.6 is 0 Å². The van der Waals surface area contributed by atoms with E-state index in [1.165, 1.54) is 0 Å². The van der Waals surface area contributed by atoms with Crippen LogP contribution in [0.15, 0.2) is 0 Å². The number of hydrogen-bond acceptors (Lipinski definition) is 2. The van der Waals surface area contributed by atoms with Crippen molar-refractivity contribution in [2.75, 3.05) is 33.4 Å². The lowest BCUT2D eigenvalue weighted by Crippen LogP contribution is -3.00. The van der Waals surface area contributed by atoms with Crippen molar-refractivity contribution < 1.29 is 33.3 Å². The van der Waals surface area contributed by atoms with Crippen molar-refractivity contribution in [2.45, 2.75) is 0 Å². The van der Waals surface area contributed by atoms with Crippen LogP contribution in [-0.2, 0) is 4.74 Å². The maximum atomic E-state index is 5.74. The number of morpholine rings is 1. The molecule has 3 nitrogen and oxygen atoms in total. The third kappa shape index (κ3) is 3.34. The molecular weight excluding hydrogens is 231 g/mol. The van der Waals surface area contributed by atoms with Gasteiger partial charge in [0, 0.05) is 0 Å². The molecule has 0 bridgehead atoms. The lowest BCUT2D eigenvalue weighted by Gasteiger charge is -2.31. The molecule has 0 aromatic heterocycles. The molecule has 4 heteroatoms. The molecule has 1 aliphatic rings. The van der Waals surface area contributed by atoms with E-state index < -0.39 is 0 Å². The highest BCUT2D eigenvalue weighted by atomic mass is 127. The van der Waals surface area contributed by atoms with Crippen molar-refractivity contribution >= 4 is 0 Å². The molecule has 1 rings (SSSR count). The highest BCUT2D eigenvalue weighted by molar-refractivity contribution is 4.39. The molecule has 56 valence electrons. The molecule has 0 spiro atoms. The fourth-order valence-corrected chi connectivity index (χ4v) is 0.760. The summed E-state index contributed by atoms with van der Waals surface area (Å²) in [5.74, 6) is 5.74. The Morgan fingerprint density at radius 1 is 1.33 bits per heavy atom. The molecule has 0 amide bonds. The molecule has 0 aromatic carbocycles. The van der Waals surface area contributed by atoms with Gasteiger partial charge >= 0.3 is 0 Å². The minimum atomic E-state index is 0. The number of ether oxygens (including phenoxy) is 1. The number of halogens is 1. The second-order valence-electron chi connectivity index (χ2n) is 2.54. The Bertz CT molecular complexity index is 79.0. The first-order valence-electron chi connectivity index (χ1n) is 2.92. The largest absolute Gasteiger partial charge is 1.00 e. The van der Waals surface area contributed by atoms with E-state index in [1.807, 2.05) is 7.05 Å². The predicted octanol–water partition coefficient (Wildman–Crippen LogP) is -3.66. The Hall–Kier alpha value is 0.610. The molecule has 1 aliphatic heterocycles. The smallest absolute Gasteiger partial charge is 0.120 e. The van der Waals surface area contributed by atoms with Crippen LogP contribution in [0.2, 0.25) is 0 Å². The van der Waals surface area contributed by atoms with Crippen LogP contribution < -0.4 is 29.8 Å². The van der Waals surface area contributed by atoms with E-state index in [0.29, 0.717) is 4.59 Å². The van der Waals surface area contributed by atoms with Gasteiger partial charge in [0.05, 0.1) is 20.3 Å². The van der Waals surface area contributed by atoms with Gasteiger partial charge in [0.15, 0.2) is 0 Å². The van der Waals surface area contributed by atoms with Gasteiger partial charge in [-0.15, -0.1) is 0 Å². The summed E-state index contributed by atoms with van der Waals surface area (Å²) in [4.78, 5) is 0. The molecule has 0 aromatic rings. The second kappa shape index (κ2) is 3.70. The predicted molar refractivity (Wildman–Crippen MR) is 30.9 cm³/mol. The summed E-state index contributed by atoms with van der Waals surface area (Å²) in [6.45, 7) is 3.51. The van der Waals surface area contributed by atoms with E-state index in [9.17, 15) is 0 Å². The van der Waals surface area contributed by atoms with Crippen molar-refractivity contribution in [1.29, 1.82) is 0 Å². The minimum Gasteiger partial charge on any atom is -1.00 e.